The van der Waals surface area contributed by atoms with Gasteiger partial charge < -0.3 is 11.4 Å². The van der Waals surface area contributed by atoms with Crippen molar-refractivity contribution in [2.24, 2.45) is 11.4 Å². The van der Waals surface area contributed by atoms with Crippen molar-refractivity contribution >= 4 is 5.91 Å². The average molecular weight is 227 g/mol. The Hall–Kier alpha value is -1.56. The van der Waals surface area contributed by atoms with Gasteiger partial charge in [-0.15, -0.1) is 0 Å². The molecule has 0 bridgehead atoms. The van der Waals surface area contributed by atoms with Crippen molar-refractivity contribution in [2.75, 3.05) is 0 Å². The molecule has 6 heteroatoms. The number of carbonyl (C=O) groups excluding carboxylic acids is 1. The molecule has 0 radical (unpaired) electrons. The molecule has 0 heterocycles. The van der Waals surface area contributed by atoms with E-state index in [1.807, 2.05) is 0 Å². The van der Waals surface area contributed by atoms with Gasteiger partial charge in [-0.05, 0) is 17.6 Å². The Kier molecular flexibility index (Phi) is 1.07. The number of halogens is 3. The van der Waals surface area contributed by atoms with Crippen LogP contribution in [0.2, 0.25) is 5.65 Å². The zero-order valence-corrected chi connectivity index (χ0v) is 6.94. The maximum atomic E-state index is 12.9. The Balaban J connectivity index is 3.94. The van der Waals surface area contributed by atoms with E-state index >= 15 is 0 Å². The maximum absolute atomic E-state index is 12.9. The van der Waals surface area contributed by atoms with Gasteiger partial charge in [-0.1, -0.05) is 12.1 Å². The third kappa shape index (κ3) is 2.69. The van der Waals surface area contributed by atoms with Gasteiger partial charge in [-0.25, -0.2) is 0 Å². The highest BCUT2D eigenvalue weighted by Gasteiger charge is 2.30. The molecule has 1 amide bonds. The molecule has 0 fully saturated rings. The molecule has 1 aromatic rings. The molecular weight excluding hydrogens is 209 g/mol. The van der Waals surface area contributed by atoms with Gasteiger partial charge in [0.2, 0.25) is 5.91 Å². The zero-order chi connectivity index (χ0) is 19.2. The number of nitrogens with two attached hydrogens (primary N) is 2. The van der Waals surface area contributed by atoms with E-state index in [0.717, 1.165) is 0 Å². The van der Waals surface area contributed by atoms with Crippen LogP contribution in [-0.2, 0) is 11.0 Å². The second-order valence-corrected chi connectivity index (χ2v) is 2.40. The van der Waals surface area contributed by atoms with Gasteiger partial charge >= 0.3 is 6.18 Å². The second-order valence-electron chi connectivity index (χ2n) is 2.40. The van der Waals surface area contributed by atoms with Crippen molar-refractivity contribution in [1.29, 1.82) is 0 Å². The zero-order valence-electron chi connectivity index (χ0n) is 15.9. The minimum Gasteiger partial charge on any atom is -0.368 e. The van der Waals surface area contributed by atoms with Gasteiger partial charge in [0, 0.05) is 0 Å². The molecule has 0 aliphatic rings. The van der Waals surface area contributed by atoms with E-state index in [0.29, 0.717) is 0 Å². The molecule has 0 saturated heterocycles. The second kappa shape index (κ2) is 3.90. The van der Waals surface area contributed by atoms with E-state index < -0.39 is 64.8 Å². The topological polar surface area (TPSA) is 69.1 Å². The van der Waals surface area contributed by atoms with Crippen LogP contribution < -0.4 is 11.4 Å². The first-order valence-electron chi connectivity index (χ1n) is 7.76. The molecule has 0 saturated carbocycles. The fourth-order valence-corrected chi connectivity index (χ4v) is 0.680. The van der Waals surface area contributed by atoms with Crippen molar-refractivity contribution in [2.45, 2.75) is 12.2 Å². The molecule has 1 unspecified atom stereocenters. The largest absolute Gasteiger partial charge is 0.416 e. The predicted octanol–water partition coefficient (Wildman–Crippen LogP) is 1.19. The Bertz CT molecular complexity index is 652. The third-order valence-electron chi connectivity index (χ3n) is 1.35. The summed E-state index contributed by atoms with van der Waals surface area (Å²) in [5.41, 5.74) is -4.74. The third-order valence-corrected chi connectivity index (χ3v) is 1.35. The van der Waals surface area contributed by atoms with Crippen molar-refractivity contribution in [3.05, 3.63) is 35.3 Å². The van der Waals surface area contributed by atoms with Crippen LogP contribution in [0.1, 0.15) is 24.0 Å². The van der Waals surface area contributed by atoms with E-state index in [1.54, 1.807) is 0 Å². The minimum atomic E-state index is -5.26. The molecule has 1 atom stereocenters. The van der Waals surface area contributed by atoms with Gasteiger partial charge in [0.05, 0.1) is 12.4 Å². The van der Waals surface area contributed by atoms with Gasteiger partial charge in [-0.2, -0.15) is 13.2 Å². The number of carbonyl (C=O) groups is 1. The number of hydrogen-bond donors (Lipinski definition) is 2. The highest BCUT2D eigenvalue weighted by molar-refractivity contribution is 5.81. The van der Waals surface area contributed by atoms with E-state index in [1.165, 1.54) is 0 Å². The Labute approximate surface area is 96.7 Å². The van der Waals surface area contributed by atoms with Gasteiger partial charge in [0.1, 0.15) is 8.84 Å². The monoisotopic (exact) mass is 227 g/mol. The van der Waals surface area contributed by atoms with Gasteiger partial charge in [0.25, 0.3) is 0 Å². The van der Waals surface area contributed by atoms with E-state index in [9.17, 15) is 18.0 Å². The summed E-state index contributed by atoms with van der Waals surface area (Å²) >= 11 is 0. The standard InChI is InChI=1S/C9H9F3N2O/c10-9(11,12)6-3-1-5(2-4-6)7(13)8(14)15/h1-4,7H,13H2,(H2,14,15)/i1D,2D,3D,4D,7D/hD4. The van der Waals surface area contributed by atoms with Crippen LogP contribution in [0.15, 0.2) is 24.2 Å². The molecule has 82 valence electrons. The Morgan fingerprint density at radius 3 is 2.47 bits per heavy atom. The van der Waals surface area contributed by atoms with Gasteiger partial charge in [0.15, 0.2) is 2.82 Å². The van der Waals surface area contributed by atoms with Crippen LogP contribution in [0, 0.1) is 0 Å². The highest BCUT2D eigenvalue weighted by Crippen LogP contribution is 2.29. The smallest absolute Gasteiger partial charge is 0.368 e. The van der Waals surface area contributed by atoms with Crippen LogP contribution in [0.4, 0.5) is 13.2 Å². The molecule has 0 aromatic heterocycles. The first-order valence-corrected chi connectivity index (χ1v) is 3.47. The van der Waals surface area contributed by atoms with Crippen molar-refractivity contribution in [3.8, 4) is 0 Å². The minimum absolute atomic E-state index is 0.719. The molecule has 1 aromatic carbocycles. The number of primary amides is 1. The molecule has 0 aliphatic carbocycles. The molecule has 0 spiro atoms. The molecule has 15 heavy (non-hydrogen) atoms. The average Bonchev–Trinajstić information content (AvgIpc) is 2.42. The highest BCUT2D eigenvalue weighted by atomic mass is 19.4. The summed E-state index contributed by atoms with van der Waals surface area (Å²) in [6.45, 7) is 0. The van der Waals surface area contributed by atoms with E-state index in [2.05, 4.69) is 0 Å². The Morgan fingerprint density at radius 2 is 2.07 bits per heavy atom. The molecule has 4 N–H and O–H groups in total. The summed E-state index contributed by atoms with van der Waals surface area (Å²) in [5.74, 6) is -1.95. The summed E-state index contributed by atoms with van der Waals surface area (Å²) in [6, 6.07) is -9.64. The number of amides is 1. The van der Waals surface area contributed by atoms with Crippen LogP contribution in [0.3, 0.4) is 0 Å². The summed E-state index contributed by atoms with van der Waals surface area (Å²) < 4.78 is 104. The molecular formula is C9H9F3N2O. The van der Waals surface area contributed by atoms with Crippen LogP contribution >= 0.6 is 0 Å². The van der Waals surface area contributed by atoms with E-state index in [-0.39, 0.29) is 0 Å². The number of alkyl halides is 3. The Morgan fingerprint density at radius 1 is 1.47 bits per heavy atom. The lowest BCUT2D eigenvalue weighted by Gasteiger charge is -2.10. The number of rotatable bonds is 3. The van der Waals surface area contributed by atoms with E-state index in [4.69, 9.17) is 12.5 Å². The van der Waals surface area contributed by atoms with Crippen molar-refractivity contribution in [1.82, 2.24) is 0 Å². The lowest BCUT2D eigenvalue weighted by molar-refractivity contribution is -0.137. The first kappa shape index (κ1) is 4.13. The van der Waals surface area contributed by atoms with Crippen molar-refractivity contribution in [3.63, 3.8) is 0 Å². The SMILES string of the molecule is [2H]c1c([2H])c(C([2H])(C(=O)N([2H])[2H])N([2H])[2H])c([2H])c([2H])c1C(F)(F)F. The summed E-state index contributed by atoms with van der Waals surface area (Å²) in [4.78, 5) is 11.8. The quantitative estimate of drug-likeness (QED) is 0.814. The molecule has 0 aliphatic heterocycles. The summed E-state index contributed by atoms with van der Waals surface area (Å²) in [7, 11) is 0. The fourth-order valence-electron chi connectivity index (χ4n) is 0.680. The van der Waals surface area contributed by atoms with Crippen LogP contribution in [0.25, 0.3) is 0 Å². The summed E-state index contributed by atoms with van der Waals surface area (Å²) in [5, 5.41) is 0. The van der Waals surface area contributed by atoms with Crippen LogP contribution in [0.5, 0.6) is 0 Å². The normalized spacial score (nSPS) is 24.1. The predicted molar refractivity (Wildman–Crippen MR) is 47.6 cm³/mol. The first-order chi connectivity index (χ1) is 10.7. The summed E-state index contributed by atoms with van der Waals surface area (Å²) in [6.07, 6.45) is -5.26. The van der Waals surface area contributed by atoms with Crippen LogP contribution in [-0.4, -0.2) is 5.91 Å². The number of hydrogen-bond acceptors (Lipinski definition) is 2. The van der Waals surface area contributed by atoms with Gasteiger partial charge in [-0.3, -0.25) is 4.79 Å². The number of benzene rings is 1. The molecule has 1 rings (SSSR count). The lowest BCUT2D eigenvalue weighted by atomic mass is 10.1. The molecule has 3 nitrogen and oxygen atoms in total. The fraction of sp³-hybridized carbons (Fsp3) is 0.222. The lowest BCUT2D eigenvalue weighted by Crippen LogP contribution is -2.28. The van der Waals surface area contributed by atoms with Crippen molar-refractivity contribution < 1.29 is 30.5 Å². The maximum Gasteiger partial charge on any atom is 0.416 e.